The molecule has 0 amide bonds. The highest BCUT2D eigenvalue weighted by atomic mass is 16.5. The zero-order valence-corrected chi connectivity index (χ0v) is 11.2. The second-order valence-corrected chi connectivity index (χ2v) is 6.18. The highest BCUT2D eigenvalue weighted by molar-refractivity contribution is 4.96. The molecule has 2 rings (SSSR count). The van der Waals surface area contributed by atoms with Crippen LogP contribution in [0.5, 0.6) is 0 Å². The van der Waals surface area contributed by atoms with E-state index in [2.05, 4.69) is 25.7 Å². The second kappa shape index (κ2) is 5.05. The van der Waals surface area contributed by atoms with E-state index in [1.165, 1.54) is 45.2 Å². The SMILES string of the molecule is CC(C)OCC1(CN2CCCCC2C)CC1. The van der Waals surface area contributed by atoms with Crippen molar-refractivity contribution in [2.45, 2.75) is 65.0 Å². The zero-order valence-electron chi connectivity index (χ0n) is 11.2. The van der Waals surface area contributed by atoms with E-state index in [0.717, 1.165) is 12.6 Å². The quantitative estimate of drug-likeness (QED) is 0.713. The third kappa shape index (κ3) is 3.21. The van der Waals surface area contributed by atoms with Gasteiger partial charge in [0.2, 0.25) is 0 Å². The van der Waals surface area contributed by atoms with E-state index in [4.69, 9.17) is 4.74 Å². The number of piperidine rings is 1. The average Bonchev–Trinajstić information content (AvgIpc) is 3.00. The highest BCUT2D eigenvalue weighted by Crippen LogP contribution is 2.47. The fourth-order valence-electron chi connectivity index (χ4n) is 2.69. The minimum atomic E-state index is 0.385. The van der Waals surface area contributed by atoms with Crippen LogP contribution < -0.4 is 0 Å². The molecule has 0 bridgehead atoms. The first kappa shape index (κ1) is 12.4. The Bertz CT molecular complexity index is 223. The molecule has 2 fully saturated rings. The van der Waals surface area contributed by atoms with Crippen molar-refractivity contribution in [3.05, 3.63) is 0 Å². The fourth-order valence-corrected chi connectivity index (χ4v) is 2.69. The van der Waals surface area contributed by atoms with E-state index >= 15 is 0 Å². The van der Waals surface area contributed by atoms with Gasteiger partial charge in [0.1, 0.15) is 0 Å². The lowest BCUT2D eigenvalue weighted by atomic mass is 10.00. The molecule has 1 aliphatic carbocycles. The van der Waals surface area contributed by atoms with Gasteiger partial charge >= 0.3 is 0 Å². The Morgan fingerprint density at radius 2 is 2.06 bits per heavy atom. The van der Waals surface area contributed by atoms with Gasteiger partial charge in [-0.3, -0.25) is 0 Å². The van der Waals surface area contributed by atoms with E-state index in [-0.39, 0.29) is 0 Å². The Morgan fingerprint density at radius 1 is 1.31 bits per heavy atom. The van der Waals surface area contributed by atoms with Crippen LogP contribution in [0.25, 0.3) is 0 Å². The molecule has 1 heterocycles. The summed E-state index contributed by atoms with van der Waals surface area (Å²) in [7, 11) is 0. The van der Waals surface area contributed by atoms with E-state index in [1.807, 2.05) is 0 Å². The molecule has 1 unspecified atom stereocenters. The molecule has 0 spiro atoms. The van der Waals surface area contributed by atoms with Crippen molar-refractivity contribution in [3.63, 3.8) is 0 Å². The first-order valence-electron chi connectivity index (χ1n) is 6.97. The number of rotatable bonds is 5. The van der Waals surface area contributed by atoms with E-state index in [9.17, 15) is 0 Å². The lowest BCUT2D eigenvalue weighted by Gasteiger charge is -2.36. The predicted molar refractivity (Wildman–Crippen MR) is 67.6 cm³/mol. The molecule has 1 atom stereocenters. The normalized spacial score (nSPS) is 29.6. The van der Waals surface area contributed by atoms with Gasteiger partial charge in [-0.15, -0.1) is 0 Å². The van der Waals surface area contributed by atoms with Gasteiger partial charge in [0.05, 0.1) is 12.7 Å². The van der Waals surface area contributed by atoms with Crippen molar-refractivity contribution in [2.75, 3.05) is 19.7 Å². The Hall–Kier alpha value is -0.0800. The monoisotopic (exact) mass is 225 g/mol. The summed E-state index contributed by atoms with van der Waals surface area (Å²) in [4.78, 5) is 2.69. The largest absolute Gasteiger partial charge is 0.378 e. The van der Waals surface area contributed by atoms with Crippen molar-refractivity contribution in [3.8, 4) is 0 Å². The summed E-state index contributed by atoms with van der Waals surface area (Å²) in [6.07, 6.45) is 7.35. The van der Waals surface area contributed by atoms with Gasteiger partial charge in [-0.1, -0.05) is 6.42 Å². The van der Waals surface area contributed by atoms with E-state index < -0.39 is 0 Å². The van der Waals surface area contributed by atoms with Gasteiger partial charge in [0.15, 0.2) is 0 Å². The van der Waals surface area contributed by atoms with Crippen molar-refractivity contribution in [1.82, 2.24) is 4.90 Å². The third-order valence-electron chi connectivity index (χ3n) is 4.16. The predicted octanol–water partition coefficient (Wildman–Crippen LogP) is 3.07. The van der Waals surface area contributed by atoms with Crippen LogP contribution in [0.4, 0.5) is 0 Å². The lowest BCUT2D eigenvalue weighted by molar-refractivity contribution is 0.0216. The van der Waals surface area contributed by atoms with Crippen molar-refractivity contribution in [1.29, 1.82) is 0 Å². The summed E-state index contributed by atoms with van der Waals surface area (Å²) >= 11 is 0. The summed E-state index contributed by atoms with van der Waals surface area (Å²) in [6, 6.07) is 0.797. The standard InChI is InChI=1S/C14H27NO/c1-12(2)16-11-14(7-8-14)10-15-9-5-4-6-13(15)3/h12-13H,4-11H2,1-3H3. The molecule has 0 N–H and O–H groups in total. The first-order chi connectivity index (χ1) is 7.61. The van der Waals surface area contributed by atoms with Crippen LogP contribution in [-0.2, 0) is 4.74 Å². The maximum Gasteiger partial charge on any atom is 0.0538 e. The van der Waals surface area contributed by atoms with Crippen molar-refractivity contribution in [2.24, 2.45) is 5.41 Å². The smallest absolute Gasteiger partial charge is 0.0538 e. The molecule has 2 nitrogen and oxygen atoms in total. The minimum absolute atomic E-state index is 0.385. The number of likely N-dealkylation sites (tertiary alicyclic amines) is 1. The molecule has 1 aliphatic heterocycles. The number of hydrogen-bond donors (Lipinski definition) is 0. The van der Waals surface area contributed by atoms with Gasteiger partial charge in [0.25, 0.3) is 0 Å². The topological polar surface area (TPSA) is 12.5 Å². The van der Waals surface area contributed by atoms with Crippen LogP contribution >= 0.6 is 0 Å². The molecule has 1 saturated carbocycles. The van der Waals surface area contributed by atoms with Gasteiger partial charge in [0, 0.05) is 18.0 Å². The molecule has 2 aliphatic rings. The van der Waals surface area contributed by atoms with E-state index in [1.54, 1.807) is 0 Å². The van der Waals surface area contributed by atoms with Gasteiger partial charge in [-0.25, -0.2) is 0 Å². The van der Waals surface area contributed by atoms with Crippen molar-refractivity contribution >= 4 is 0 Å². The molecular formula is C14H27NO. The summed E-state index contributed by atoms with van der Waals surface area (Å²) in [5.74, 6) is 0. The number of nitrogens with zero attached hydrogens (tertiary/aromatic N) is 1. The van der Waals surface area contributed by atoms with Crippen LogP contribution in [0.1, 0.15) is 52.9 Å². The van der Waals surface area contributed by atoms with Crippen LogP contribution in [0.15, 0.2) is 0 Å². The fraction of sp³-hybridized carbons (Fsp3) is 1.00. The van der Waals surface area contributed by atoms with Crippen LogP contribution in [-0.4, -0.2) is 36.7 Å². The molecule has 2 heteroatoms. The van der Waals surface area contributed by atoms with Gasteiger partial charge in [-0.05, 0) is 53.0 Å². The van der Waals surface area contributed by atoms with Crippen LogP contribution in [0, 0.1) is 5.41 Å². The van der Waals surface area contributed by atoms with Gasteiger partial charge < -0.3 is 9.64 Å². The van der Waals surface area contributed by atoms with E-state index in [0.29, 0.717) is 11.5 Å². The molecule has 1 saturated heterocycles. The first-order valence-corrected chi connectivity index (χ1v) is 6.97. The molecule has 0 radical (unpaired) electrons. The Balaban J connectivity index is 1.79. The Kier molecular flexibility index (Phi) is 3.91. The molecule has 0 aromatic rings. The Morgan fingerprint density at radius 3 is 2.62 bits per heavy atom. The van der Waals surface area contributed by atoms with Crippen LogP contribution in [0.3, 0.4) is 0 Å². The maximum absolute atomic E-state index is 5.82. The minimum Gasteiger partial charge on any atom is -0.378 e. The number of hydrogen-bond acceptors (Lipinski definition) is 2. The summed E-state index contributed by atoms with van der Waals surface area (Å²) < 4.78 is 5.82. The zero-order chi connectivity index (χ0) is 11.6. The molecule has 0 aromatic heterocycles. The Labute approximate surface area is 100 Å². The van der Waals surface area contributed by atoms with Gasteiger partial charge in [-0.2, -0.15) is 0 Å². The average molecular weight is 225 g/mol. The molecule has 16 heavy (non-hydrogen) atoms. The molecular weight excluding hydrogens is 198 g/mol. The molecule has 0 aromatic carbocycles. The number of ether oxygens (including phenoxy) is 1. The molecule has 94 valence electrons. The lowest BCUT2D eigenvalue weighted by Crippen LogP contribution is -2.42. The van der Waals surface area contributed by atoms with Crippen molar-refractivity contribution < 1.29 is 4.74 Å². The highest BCUT2D eigenvalue weighted by Gasteiger charge is 2.45. The second-order valence-electron chi connectivity index (χ2n) is 6.18. The summed E-state index contributed by atoms with van der Waals surface area (Å²) in [5.41, 5.74) is 0.524. The third-order valence-corrected chi connectivity index (χ3v) is 4.16. The maximum atomic E-state index is 5.82. The summed E-state index contributed by atoms with van der Waals surface area (Å²) in [6.45, 7) is 10.2. The summed E-state index contributed by atoms with van der Waals surface area (Å²) in [5, 5.41) is 0. The van der Waals surface area contributed by atoms with Crippen LogP contribution in [0.2, 0.25) is 0 Å².